The van der Waals surface area contributed by atoms with Gasteiger partial charge in [0.1, 0.15) is 11.3 Å². The Morgan fingerprint density at radius 2 is 1.77 bits per heavy atom. The molecule has 0 fully saturated rings. The van der Waals surface area contributed by atoms with Gasteiger partial charge in [-0.1, -0.05) is 37.3 Å². The molecule has 0 aliphatic carbocycles. The van der Waals surface area contributed by atoms with E-state index in [0.29, 0.717) is 27.9 Å². The van der Waals surface area contributed by atoms with Gasteiger partial charge in [0.15, 0.2) is 16.0 Å². The van der Waals surface area contributed by atoms with Gasteiger partial charge in [-0.05, 0) is 31.3 Å². The molecule has 4 rings (SSSR count). The second kappa shape index (κ2) is 8.71. The van der Waals surface area contributed by atoms with Crippen molar-refractivity contribution in [2.24, 2.45) is 0 Å². The number of carbonyl (C=O) groups excluding carboxylic acids is 1. The van der Waals surface area contributed by atoms with E-state index in [1.807, 2.05) is 24.3 Å². The molecule has 0 bridgehead atoms. The summed E-state index contributed by atoms with van der Waals surface area (Å²) in [6, 6.07) is 9.60. The highest BCUT2D eigenvalue weighted by molar-refractivity contribution is 7.23. The van der Waals surface area contributed by atoms with Crippen molar-refractivity contribution in [1.29, 1.82) is 0 Å². The number of para-hydroxylation sites is 1. The zero-order valence-electron chi connectivity index (χ0n) is 16.6. The smallest absolute Gasteiger partial charge is 0.289 e. The van der Waals surface area contributed by atoms with Crippen LogP contribution in [0.4, 0.5) is 13.9 Å². The molecule has 156 valence electrons. The minimum Gasteiger partial charge on any atom is -0.302 e. The maximum Gasteiger partial charge on any atom is 0.289 e. The zero-order valence-corrected chi connectivity index (χ0v) is 18.2. The van der Waals surface area contributed by atoms with Crippen LogP contribution in [0.25, 0.3) is 20.4 Å². The van der Waals surface area contributed by atoms with Gasteiger partial charge in [0.2, 0.25) is 0 Å². The van der Waals surface area contributed by atoms with E-state index in [2.05, 4.69) is 28.7 Å². The van der Waals surface area contributed by atoms with Gasteiger partial charge in [-0.2, -0.15) is 0 Å². The van der Waals surface area contributed by atoms with E-state index in [9.17, 15) is 13.6 Å². The van der Waals surface area contributed by atoms with Gasteiger partial charge in [-0.15, -0.1) is 11.3 Å². The highest BCUT2D eigenvalue weighted by Crippen LogP contribution is 2.33. The predicted octanol–water partition coefficient (Wildman–Crippen LogP) is 5.17. The Labute approximate surface area is 180 Å². The fourth-order valence-electron chi connectivity index (χ4n) is 3.21. The number of nitrogens with zero attached hydrogens (tertiary/aromatic N) is 4. The van der Waals surface area contributed by atoms with E-state index >= 15 is 0 Å². The number of aromatic nitrogens is 2. The monoisotopic (exact) mass is 446 g/mol. The number of hydrogen-bond donors (Lipinski definition) is 0. The average Bonchev–Trinajstić information content (AvgIpc) is 3.35. The van der Waals surface area contributed by atoms with Crippen molar-refractivity contribution in [3.63, 3.8) is 0 Å². The lowest BCUT2D eigenvalue weighted by molar-refractivity contribution is 0.0983. The molecule has 0 atom stereocenters. The van der Waals surface area contributed by atoms with Gasteiger partial charge in [-0.25, -0.2) is 18.7 Å². The molecule has 0 unspecified atom stereocenters. The Balaban J connectivity index is 1.73. The molecule has 0 saturated carbocycles. The molecule has 0 aliphatic rings. The summed E-state index contributed by atoms with van der Waals surface area (Å²) in [5.41, 5.74) is 0.827. The van der Waals surface area contributed by atoms with E-state index in [-0.39, 0.29) is 11.4 Å². The molecule has 0 N–H and O–H groups in total. The molecule has 5 nitrogen and oxygen atoms in total. The first-order valence-electron chi connectivity index (χ1n) is 9.65. The van der Waals surface area contributed by atoms with E-state index in [4.69, 9.17) is 0 Å². The number of likely N-dealkylation sites (N-methyl/N-ethyl adjacent to an activating group) is 1. The van der Waals surface area contributed by atoms with Crippen molar-refractivity contribution < 1.29 is 13.6 Å². The summed E-state index contributed by atoms with van der Waals surface area (Å²) in [4.78, 5) is 25.9. The quantitative estimate of drug-likeness (QED) is 0.393. The molecular formula is C21H20F2N4OS2. The predicted molar refractivity (Wildman–Crippen MR) is 119 cm³/mol. The number of halogens is 2. The van der Waals surface area contributed by atoms with Crippen LogP contribution in [0.15, 0.2) is 36.4 Å². The van der Waals surface area contributed by atoms with E-state index in [1.54, 1.807) is 0 Å². The first-order chi connectivity index (χ1) is 14.5. The number of benzene rings is 2. The van der Waals surface area contributed by atoms with Crippen molar-refractivity contribution >= 4 is 54.1 Å². The van der Waals surface area contributed by atoms with Gasteiger partial charge >= 0.3 is 0 Å². The Hall–Kier alpha value is -2.49. The zero-order chi connectivity index (χ0) is 21.3. The minimum atomic E-state index is -0.733. The third kappa shape index (κ3) is 4.05. The number of fused-ring (bicyclic) bond motifs is 2. The van der Waals surface area contributed by atoms with Crippen LogP contribution >= 0.6 is 22.7 Å². The fourth-order valence-corrected chi connectivity index (χ4v) is 5.15. The van der Waals surface area contributed by atoms with Crippen molar-refractivity contribution in [1.82, 2.24) is 14.9 Å². The highest BCUT2D eigenvalue weighted by Gasteiger charge is 2.25. The van der Waals surface area contributed by atoms with Crippen molar-refractivity contribution in [2.45, 2.75) is 13.8 Å². The average molecular weight is 447 g/mol. The molecule has 2 aromatic heterocycles. The van der Waals surface area contributed by atoms with E-state index in [1.165, 1.54) is 22.3 Å². The fraction of sp³-hybridized carbons (Fsp3) is 0.286. The first kappa shape index (κ1) is 20.8. The van der Waals surface area contributed by atoms with Gasteiger partial charge in [0, 0.05) is 19.2 Å². The minimum absolute atomic E-state index is 0.0707. The van der Waals surface area contributed by atoms with Crippen LogP contribution in [0, 0.1) is 11.6 Å². The summed E-state index contributed by atoms with van der Waals surface area (Å²) < 4.78 is 29.1. The van der Waals surface area contributed by atoms with Gasteiger partial charge in [0.25, 0.3) is 5.91 Å². The molecule has 30 heavy (non-hydrogen) atoms. The topological polar surface area (TPSA) is 49.3 Å². The first-order valence-corrected chi connectivity index (χ1v) is 11.3. The van der Waals surface area contributed by atoms with Crippen LogP contribution in [-0.2, 0) is 0 Å². The number of carbonyl (C=O) groups is 1. The van der Waals surface area contributed by atoms with Crippen LogP contribution < -0.4 is 4.90 Å². The van der Waals surface area contributed by atoms with Crippen LogP contribution in [0.1, 0.15) is 23.6 Å². The Kier molecular flexibility index (Phi) is 6.03. The van der Waals surface area contributed by atoms with Crippen LogP contribution in [0.5, 0.6) is 0 Å². The third-order valence-corrected chi connectivity index (χ3v) is 6.94. The summed E-state index contributed by atoms with van der Waals surface area (Å²) in [5, 5.41) is 0.688. The number of amides is 1. The molecule has 4 aromatic rings. The SMILES string of the molecule is CCN(CC)CCN(C(=O)c1nc2ccccc2s1)c1nc2c(F)cc(F)cc2s1. The number of rotatable bonds is 7. The number of thiazole rings is 2. The second-order valence-corrected chi connectivity index (χ2v) is 8.74. The molecule has 0 aliphatic heterocycles. The lowest BCUT2D eigenvalue weighted by Gasteiger charge is -2.24. The summed E-state index contributed by atoms with van der Waals surface area (Å²) in [5.74, 6) is -1.69. The summed E-state index contributed by atoms with van der Waals surface area (Å²) >= 11 is 2.42. The molecule has 1 amide bonds. The lowest BCUT2D eigenvalue weighted by Crippen LogP contribution is -2.38. The summed E-state index contributed by atoms with van der Waals surface area (Å²) in [6.07, 6.45) is 0. The third-order valence-electron chi connectivity index (χ3n) is 4.89. The lowest BCUT2D eigenvalue weighted by atomic mass is 10.3. The second-order valence-electron chi connectivity index (χ2n) is 6.70. The van der Waals surface area contributed by atoms with Gasteiger partial charge < -0.3 is 4.90 Å². The Bertz CT molecular complexity index is 1170. The van der Waals surface area contributed by atoms with Gasteiger partial charge in [0.05, 0.1) is 14.9 Å². The van der Waals surface area contributed by atoms with Crippen molar-refractivity contribution in [3.05, 3.63) is 53.0 Å². The highest BCUT2D eigenvalue weighted by atomic mass is 32.1. The maximum absolute atomic E-state index is 14.2. The van der Waals surface area contributed by atoms with E-state index < -0.39 is 11.6 Å². The van der Waals surface area contributed by atoms with Crippen molar-refractivity contribution in [3.8, 4) is 0 Å². The molecule has 0 radical (unpaired) electrons. The maximum atomic E-state index is 14.2. The Morgan fingerprint density at radius 3 is 2.50 bits per heavy atom. The number of anilines is 1. The Morgan fingerprint density at radius 1 is 1.00 bits per heavy atom. The molecular weight excluding hydrogens is 426 g/mol. The molecule has 0 spiro atoms. The summed E-state index contributed by atoms with van der Waals surface area (Å²) in [6.45, 7) is 6.81. The molecule has 9 heteroatoms. The molecule has 2 aromatic carbocycles. The van der Waals surface area contributed by atoms with Crippen molar-refractivity contribution in [2.75, 3.05) is 31.1 Å². The van der Waals surface area contributed by atoms with Crippen LogP contribution in [0.2, 0.25) is 0 Å². The molecule has 0 saturated heterocycles. The summed E-state index contributed by atoms with van der Waals surface area (Å²) in [7, 11) is 0. The van der Waals surface area contributed by atoms with Gasteiger partial charge in [-0.3, -0.25) is 9.69 Å². The van der Waals surface area contributed by atoms with E-state index in [0.717, 1.165) is 40.7 Å². The number of hydrogen-bond acceptors (Lipinski definition) is 6. The normalized spacial score (nSPS) is 11.6. The van der Waals surface area contributed by atoms with Crippen LogP contribution in [-0.4, -0.2) is 47.0 Å². The standard InChI is InChI=1S/C21H20F2N4OS2/c1-3-26(4-2)9-10-27(20(28)19-24-15-7-5-6-8-16(15)29-19)21-25-18-14(23)11-13(22)12-17(18)30-21/h5-8,11-12H,3-4,9-10H2,1-2H3. The molecule has 2 heterocycles. The van der Waals surface area contributed by atoms with Crippen LogP contribution in [0.3, 0.4) is 0 Å². The largest absolute Gasteiger partial charge is 0.302 e.